The first-order valence-corrected chi connectivity index (χ1v) is 4.53. The van der Waals surface area contributed by atoms with Crippen LogP contribution >= 0.6 is 15.9 Å². The van der Waals surface area contributed by atoms with E-state index in [0.29, 0.717) is 4.47 Å². The Kier molecular flexibility index (Phi) is 3.84. The number of alkyl halides is 2. The van der Waals surface area contributed by atoms with Gasteiger partial charge in [-0.05, 0) is 18.2 Å². The minimum absolute atomic E-state index is 0.177. The van der Waals surface area contributed by atoms with Gasteiger partial charge in [-0.15, -0.1) is 0 Å². The van der Waals surface area contributed by atoms with Crippen LogP contribution in [0, 0.1) is 11.3 Å². The number of halogens is 3. The molecule has 1 aromatic carbocycles. The van der Waals surface area contributed by atoms with Crippen molar-refractivity contribution in [3.63, 3.8) is 0 Å². The van der Waals surface area contributed by atoms with Gasteiger partial charge in [-0.25, -0.2) is 8.78 Å². The Morgan fingerprint density at radius 1 is 1.50 bits per heavy atom. The molecule has 0 aliphatic heterocycles. The molecule has 0 bridgehead atoms. The Labute approximate surface area is 88.2 Å². The van der Waals surface area contributed by atoms with E-state index < -0.39 is 13.0 Å². The number of nitriles is 1. The third-order valence-corrected chi connectivity index (χ3v) is 1.92. The molecule has 0 amide bonds. The van der Waals surface area contributed by atoms with Crippen LogP contribution in [0.3, 0.4) is 0 Å². The average molecular weight is 262 g/mol. The fourth-order valence-corrected chi connectivity index (χ4v) is 1.23. The van der Waals surface area contributed by atoms with Gasteiger partial charge in [-0.3, -0.25) is 0 Å². The second kappa shape index (κ2) is 4.91. The molecule has 0 spiro atoms. The van der Waals surface area contributed by atoms with Crippen LogP contribution in [0.2, 0.25) is 0 Å². The van der Waals surface area contributed by atoms with Gasteiger partial charge in [0, 0.05) is 4.47 Å². The topological polar surface area (TPSA) is 33.0 Å². The summed E-state index contributed by atoms with van der Waals surface area (Å²) in [5, 5.41) is 8.67. The minimum atomic E-state index is -2.54. The molecule has 0 radical (unpaired) electrons. The van der Waals surface area contributed by atoms with Crippen molar-refractivity contribution in [1.29, 1.82) is 5.26 Å². The average Bonchev–Trinajstić information content (AvgIpc) is 2.15. The van der Waals surface area contributed by atoms with Crippen molar-refractivity contribution in [2.45, 2.75) is 6.43 Å². The molecule has 0 saturated heterocycles. The number of hydrogen-bond donors (Lipinski definition) is 0. The molecule has 0 aromatic heterocycles. The highest BCUT2D eigenvalue weighted by Gasteiger charge is 2.07. The molecule has 0 saturated carbocycles. The van der Waals surface area contributed by atoms with Crippen molar-refractivity contribution in [3.05, 3.63) is 28.2 Å². The van der Waals surface area contributed by atoms with Crippen LogP contribution < -0.4 is 4.74 Å². The zero-order valence-electron chi connectivity index (χ0n) is 7.01. The number of hydrogen-bond acceptors (Lipinski definition) is 2. The smallest absolute Gasteiger partial charge is 0.272 e. The lowest BCUT2D eigenvalue weighted by molar-refractivity contribution is 0.0817. The predicted octanol–water partition coefficient (Wildman–Crippen LogP) is 2.96. The molecule has 0 atom stereocenters. The fourth-order valence-electron chi connectivity index (χ4n) is 0.868. The first kappa shape index (κ1) is 10.9. The van der Waals surface area contributed by atoms with Crippen LogP contribution in [0.4, 0.5) is 8.78 Å². The normalized spacial score (nSPS) is 9.93. The van der Waals surface area contributed by atoms with E-state index in [9.17, 15) is 8.78 Å². The Balaban J connectivity index is 2.82. The van der Waals surface area contributed by atoms with Crippen LogP contribution in [0.15, 0.2) is 22.7 Å². The molecule has 0 heterocycles. The minimum Gasteiger partial charge on any atom is -0.486 e. The predicted molar refractivity (Wildman–Crippen MR) is 50.4 cm³/mol. The third kappa shape index (κ3) is 2.96. The van der Waals surface area contributed by atoms with Crippen molar-refractivity contribution in [3.8, 4) is 11.8 Å². The Hall–Kier alpha value is -1.15. The highest BCUT2D eigenvalue weighted by molar-refractivity contribution is 9.10. The van der Waals surface area contributed by atoms with E-state index in [-0.39, 0.29) is 11.3 Å². The molecule has 5 heteroatoms. The molecule has 14 heavy (non-hydrogen) atoms. The largest absolute Gasteiger partial charge is 0.486 e. The van der Waals surface area contributed by atoms with Crippen molar-refractivity contribution < 1.29 is 13.5 Å². The molecule has 0 aliphatic rings. The lowest BCUT2D eigenvalue weighted by atomic mass is 10.2. The molecule has 1 aromatic rings. The summed E-state index contributed by atoms with van der Waals surface area (Å²) in [6, 6.07) is 6.48. The van der Waals surface area contributed by atoms with Gasteiger partial charge in [0.2, 0.25) is 0 Å². The van der Waals surface area contributed by atoms with E-state index in [2.05, 4.69) is 15.9 Å². The summed E-state index contributed by atoms with van der Waals surface area (Å²) in [6.07, 6.45) is -2.54. The zero-order valence-corrected chi connectivity index (χ0v) is 8.59. The van der Waals surface area contributed by atoms with E-state index >= 15 is 0 Å². The summed E-state index contributed by atoms with van der Waals surface area (Å²) in [7, 11) is 0. The molecule has 0 fully saturated rings. The number of ether oxygens (including phenoxy) is 1. The lowest BCUT2D eigenvalue weighted by Crippen LogP contribution is -2.07. The van der Waals surface area contributed by atoms with E-state index in [0.717, 1.165) is 0 Å². The number of nitrogens with zero attached hydrogens (tertiary/aromatic N) is 1. The molecule has 0 unspecified atom stereocenters. The van der Waals surface area contributed by atoms with Crippen molar-refractivity contribution in [1.82, 2.24) is 0 Å². The first-order valence-electron chi connectivity index (χ1n) is 3.74. The van der Waals surface area contributed by atoms with Gasteiger partial charge in [0.25, 0.3) is 6.43 Å². The van der Waals surface area contributed by atoms with E-state index in [1.165, 1.54) is 12.1 Å². The second-order valence-corrected chi connectivity index (χ2v) is 3.37. The van der Waals surface area contributed by atoms with E-state index in [1.54, 1.807) is 6.07 Å². The van der Waals surface area contributed by atoms with E-state index in [4.69, 9.17) is 10.00 Å². The van der Waals surface area contributed by atoms with Crippen LogP contribution in [0.25, 0.3) is 0 Å². The Morgan fingerprint density at radius 3 is 2.79 bits per heavy atom. The van der Waals surface area contributed by atoms with Gasteiger partial charge < -0.3 is 4.74 Å². The first-order chi connectivity index (χ1) is 6.63. The van der Waals surface area contributed by atoms with Gasteiger partial charge >= 0.3 is 0 Å². The molecule has 2 nitrogen and oxygen atoms in total. The van der Waals surface area contributed by atoms with Gasteiger partial charge in [0.05, 0.1) is 5.56 Å². The maximum atomic E-state index is 11.8. The summed E-state index contributed by atoms with van der Waals surface area (Å²) < 4.78 is 29.1. The summed E-state index contributed by atoms with van der Waals surface area (Å²) in [4.78, 5) is 0. The maximum Gasteiger partial charge on any atom is 0.272 e. The Bertz CT molecular complexity index is 362. The Morgan fingerprint density at radius 2 is 2.21 bits per heavy atom. The van der Waals surface area contributed by atoms with Gasteiger partial charge in [0.15, 0.2) is 0 Å². The standard InChI is InChI=1S/C9H6BrF2NO/c10-7-1-2-8(6(3-7)4-13)14-5-9(11)12/h1-3,9H,5H2. The molecular weight excluding hydrogens is 256 g/mol. The summed E-state index contributed by atoms with van der Waals surface area (Å²) in [5.74, 6) is 0.177. The fraction of sp³-hybridized carbons (Fsp3) is 0.222. The quantitative estimate of drug-likeness (QED) is 0.838. The van der Waals surface area contributed by atoms with Gasteiger partial charge in [0.1, 0.15) is 18.4 Å². The molecular formula is C9H6BrF2NO. The lowest BCUT2D eigenvalue weighted by Gasteiger charge is -2.06. The molecule has 74 valence electrons. The number of rotatable bonds is 3. The van der Waals surface area contributed by atoms with Crippen LogP contribution in [-0.2, 0) is 0 Å². The summed E-state index contributed by atoms with van der Waals surface area (Å²) in [6.45, 7) is -0.698. The third-order valence-electron chi connectivity index (χ3n) is 1.43. The molecule has 1 rings (SSSR count). The van der Waals surface area contributed by atoms with Crippen LogP contribution in [0.1, 0.15) is 5.56 Å². The number of benzene rings is 1. The maximum absolute atomic E-state index is 11.8. The van der Waals surface area contributed by atoms with Crippen molar-refractivity contribution >= 4 is 15.9 Å². The monoisotopic (exact) mass is 261 g/mol. The van der Waals surface area contributed by atoms with Gasteiger partial charge in [-0.1, -0.05) is 15.9 Å². The van der Waals surface area contributed by atoms with Crippen molar-refractivity contribution in [2.24, 2.45) is 0 Å². The highest BCUT2D eigenvalue weighted by Crippen LogP contribution is 2.22. The second-order valence-electron chi connectivity index (χ2n) is 2.45. The van der Waals surface area contributed by atoms with Gasteiger partial charge in [-0.2, -0.15) is 5.26 Å². The van der Waals surface area contributed by atoms with E-state index in [1.807, 2.05) is 6.07 Å². The SMILES string of the molecule is N#Cc1cc(Br)ccc1OCC(F)F. The summed E-state index contributed by atoms with van der Waals surface area (Å²) >= 11 is 3.16. The van der Waals surface area contributed by atoms with Crippen LogP contribution in [0.5, 0.6) is 5.75 Å². The van der Waals surface area contributed by atoms with Crippen LogP contribution in [-0.4, -0.2) is 13.0 Å². The summed E-state index contributed by atoms with van der Waals surface area (Å²) in [5.41, 5.74) is 0.236. The zero-order chi connectivity index (χ0) is 10.6. The molecule has 0 N–H and O–H groups in total. The highest BCUT2D eigenvalue weighted by atomic mass is 79.9. The van der Waals surface area contributed by atoms with Crippen molar-refractivity contribution in [2.75, 3.05) is 6.61 Å². The molecule has 0 aliphatic carbocycles.